The van der Waals surface area contributed by atoms with E-state index < -0.39 is 41.9 Å². The quantitative estimate of drug-likeness (QED) is 0.0347. The number of carbonyl (C=O) groups is 10. The van der Waals surface area contributed by atoms with Gasteiger partial charge in [0.05, 0.1) is 71.6 Å². The molecule has 0 spiro atoms. The summed E-state index contributed by atoms with van der Waals surface area (Å²) >= 11 is 0. The maximum Gasteiger partial charge on any atom is 0.317 e. The second kappa shape index (κ2) is 42.3. The number of aliphatic hydroxyl groups is 1. The van der Waals surface area contributed by atoms with Crippen molar-refractivity contribution in [3.63, 3.8) is 0 Å². The molecule has 32 nitrogen and oxygen atoms in total. The van der Waals surface area contributed by atoms with Gasteiger partial charge in [0.15, 0.2) is 0 Å². The van der Waals surface area contributed by atoms with E-state index in [9.17, 15) is 47.9 Å². The molecule has 1 aromatic carbocycles. The van der Waals surface area contributed by atoms with Gasteiger partial charge >= 0.3 is 35.8 Å². The summed E-state index contributed by atoms with van der Waals surface area (Å²) in [7, 11) is 0. The summed E-state index contributed by atoms with van der Waals surface area (Å²) in [6.07, 6.45) is 0.422. The van der Waals surface area contributed by atoms with Gasteiger partial charge in [0.1, 0.15) is 0 Å². The topological polar surface area (TPSA) is 442 Å². The predicted molar refractivity (Wildman–Crippen MR) is 300 cm³/mol. The highest BCUT2D eigenvalue weighted by molar-refractivity contribution is 5.82. The zero-order valence-electron chi connectivity index (χ0n) is 47.4. The molecule has 3 saturated heterocycles. The van der Waals surface area contributed by atoms with Crippen molar-refractivity contribution in [1.82, 2.24) is 65.4 Å². The van der Waals surface area contributed by atoms with Gasteiger partial charge in [-0.15, -0.1) is 0 Å². The lowest BCUT2D eigenvalue weighted by molar-refractivity contribution is -0.140. The number of carboxylic acids is 6. The van der Waals surface area contributed by atoms with Crippen molar-refractivity contribution in [3.8, 4) is 0 Å². The highest BCUT2D eigenvalue weighted by Gasteiger charge is 2.24. The Morgan fingerprint density at radius 2 is 0.614 bits per heavy atom. The van der Waals surface area contributed by atoms with Crippen LogP contribution in [0.2, 0.25) is 0 Å². The Morgan fingerprint density at radius 3 is 0.867 bits per heavy atom. The molecular weight excluding hydrogens is 1090 g/mol. The van der Waals surface area contributed by atoms with Crippen LogP contribution in [-0.4, -0.2) is 361 Å². The van der Waals surface area contributed by atoms with Crippen molar-refractivity contribution < 1.29 is 83.7 Å². The SMILES string of the molecule is NC(Cc1ccccc1)C(=O)NCCNC(=O)CN1CCN(CC(=O)O)CCN(CC(=O)O)CC1.NCCNC(=O)CN1CCN(CC(=O)O)CCN(CC(=O)O)CC1.O=C(O)CN1CCN(CC(=O)O)CCN(CC(=O)NCCO)CC1. The van der Waals surface area contributed by atoms with Gasteiger partial charge in [0.2, 0.25) is 23.6 Å². The molecule has 0 saturated carbocycles. The minimum absolute atomic E-state index is 0.0866. The molecule has 83 heavy (non-hydrogen) atoms. The third kappa shape index (κ3) is 36.6. The number of carbonyl (C=O) groups excluding carboxylic acids is 4. The van der Waals surface area contributed by atoms with Crippen LogP contribution < -0.4 is 32.7 Å². The molecule has 0 aliphatic carbocycles. The molecule has 1 unspecified atom stereocenters. The zero-order valence-corrected chi connectivity index (χ0v) is 47.4. The summed E-state index contributed by atoms with van der Waals surface area (Å²) in [6.45, 7) is 9.70. The summed E-state index contributed by atoms with van der Waals surface area (Å²) in [5.74, 6) is -6.53. The Morgan fingerprint density at radius 1 is 0.373 bits per heavy atom. The molecule has 0 radical (unpaired) electrons. The van der Waals surface area contributed by atoms with E-state index in [0.717, 1.165) is 5.56 Å². The highest BCUT2D eigenvalue weighted by Crippen LogP contribution is 2.05. The lowest BCUT2D eigenvalue weighted by Crippen LogP contribution is -2.46. The monoisotopic (exact) mass is 1180 g/mol. The number of aliphatic hydroxyl groups excluding tert-OH is 1. The Kier molecular flexibility index (Phi) is 36.9. The Labute approximate surface area is 483 Å². The molecule has 3 aliphatic heterocycles. The van der Waals surface area contributed by atoms with E-state index in [-0.39, 0.29) is 109 Å². The van der Waals surface area contributed by atoms with Crippen LogP contribution in [0.1, 0.15) is 5.56 Å². The zero-order chi connectivity index (χ0) is 61.5. The maximum atomic E-state index is 12.4. The third-order valence-corrected chi connectivity index (χ3v) is 13.1. The molecule has 3 aliphatic rings. The smallest absolute Gasteiger partial charge is 0.317 e. The summed E-state index contributed by atoms with van der Waals surface area (Å²) < 4.78 is 0. The van der Waals surface area contributed by atoms with Gasteiger partial charge in [-0.2, -0.15) is 0 Å². The van der Waals surface area contributed by atoms with Gasteiger partial charge < -0.3 is 68.5 Å². The number of aliphatic carboxylic acids is 6. The van der Waals surface area contributed by atoms with Crippen molar-refractivity contribution in [2.75, 3.05) is 216 Å². The molecule has 32 heteroatoms. The fourth-order valence-electron chi connectivity index (χ4n) is 8.79. The number of nitrogens with two attached hydrogens (primary N) is 2. The van der Waals surface area contributed by atoms with Gasteiger partial charge in [0.25, 0.3) is 0 Å². The van der Waals surface area contributed by atoms with E-state index in [0.29, 0.717) is 137 Å². The van der Waals surface area contributed by atoms with Crippen LogP contribution in [0.4, 0.5) is 0 Å². The van der Waals surface area contributed by atoms with Crippen molar-refractivity contribution >= 4 is 59.4 Å². The molecule has 0 bridgehead atoms. The van der Waals surface area contributed by atoms with Crippen molar-refractivity contribution in [3.05, 3.63) is 35.9 Å². The molecule has 0 aromatic heterocycles. The van der Waals surface area contributed by atoms with Gasteiger partial charge in [-0.3, -0.25) is 92.0 Å². The Bertz CT molecular complexity index is 1990. The van der Waals surface area contributed by atoms with Gasteiger partial charge in [-0.05, 0) is 12.0 Å². The number of nitrogens with one attached hydrogen (secondary N) is 4. The molecule has 4 amide bonds. The van der Waals surface area contributed by atoms with Crippen LogP contribution in [0.25, 0.3) is 0 Å². The summed E-state index contributed by atoms with van der Waals surface area (Å²) in [6, 6.07) is 8.79. The van der Waals surface area contributed by atoms with E-state index in [2.05, 4.69) is 21.3 Å². The minimum Gasteiger partial charge on any atom is -0.480 e. The number of benzene rings is 1. The number of carboxylic acid groups (broad SMARTS) is 6. The number of amides is 4. The first-order valence-electron chi connectivity index (χ1n) is 27.5. The van der Waals surface area contributed by atoms with E-state index >= 15 is 0 Å². The Hall–Kier alpha value is -6.56. The first-order valence-corrected chi connectivity index (χ1v) is 27.5. The van der Waals surface area contributed by atoms with Gasteiger partial charge in [-0.1, -0.05) is 30.3 Å². The third-order valence-electron chi connectivity index (χ3n) is 13.1. The van der Waals surface area contributed by atoms with Crippen LogP contribution in [0, 0.1) is 0 Å². The van der Waals surface area contributed by atoms with Crippen molar-refractivity contribution in [1.29, 1.82) is 0 Å². The predicted octanol–water partition coefficient (Wildman–Crippen LogP) is -7.79. The number of nitrogens with zero attached hydrogens (tertiary/aromatic N) is 9. The highest BCUT2D eigenvalue weighted by atomic mass is 16.4. The second-order valence-corrected chi connectivity index (χ2v) is 20.0. The second-order valence-electron chi connectivity index (χ2n) is 20.0. The normalized spacial score (nSPS) is 17.8. The van der Waals surface area contributed by atoms with Gasteiger partial charge in [0, 0.05) is 151 Å². The first kappa shape index (κ1) is 72.5. The van der Waals surface area contributed by atoms with E-state index in [1.165, 1.54) is 0 Å². The van der Waals surface area contributed by atoms with E-state index in [4.69, 9.17) is 47.2 Å². The molecule has 3 heterocycles. The summed E-state index contributed by atoms with van der Waals surface area (Å²) in [5, 5.41) is 73.6. The molecule has 1 atom stereocenters. The largest absolute Gasteiger partial charge is 0.480 e. The summed E-state index contributed by atoms with van der Waals surface area (Å²) in [4.78, 5) is 130. The van der Waals surface area contributed by atoms with Crippen LogP contribution in [-0.2, 0) is 54.4 Å². The first-order chi connectivity index (χ1) is 39.5. The molecule has 3 fully saturated rings. The van der Waals surface area contributed by atoms with Gasteiger partial charge in [-0.25, -0.2) is 0 Å². The number of hydrogen-bond acceptors (Lipinski definition) is 22. The molecule has 470 valence electrons. The fourth-order valence-corrected chi connectivity index (χ4v) is 8.79. The number of hydrogen-bond donors (Lipinski definition) is 13. The van der Waals surface area contributed by atoms with Crippen LogP contribution in [0.5, 0.6) is 0 Å². The van der Waals surface area contributed by atoms with Crippen LogP contribution in [0.3, 0.4) is 0 Å². The van der Waals surface area contributed by atoms with Crippen LogP contribution >= 0.6 is 0 Å². The van der Waals surface area contributed by atoms with Crippen molar-refractivity contribution in [2.45, 2.75) is 12.5 Å². The summed E-state index contributed by atoms with van der Waals surface area (Å²) in [5.41, 5.74) is 12.3. The fraction of sp³-hybridized carbons (Fsp3) is 0.686. The molecule has 1 aromatic rings. The molecule has 15 N–H and O–H groups in total. The lowest BCUT2D eigenvalue weighted by atomic mass is 10.1. The average Bonchev–Trinajstić information content (AvgIpc) is 3.62. The average molecular weight is 1180 g/mol. The molecule has 4 rings (SSSR count). The standard InChI is InChI=1S/C23H36N6O6.C14H27N5O5.C14H26N4O6/c24-19(14-18-4-2-1-3-5-18)23(35)26-7-6-25-20(30)15-27-8-10-28(16-21(31)32)12-13-29(11-9-27)17-22(33)34;15-1-2-16-12(20)9-17-3-5-18(10-13(21)22)7-8-19(6-4-17)11-14(23)24;19-8-1-15-12(20)9-16-2-4-17(10-13(21)22)6-7-18(5-3-16)11-14(23)24/h1-5,19H,6-17,24H2,(H,25,30)(H,26,35)(H,31,32)(H,33,34);1-11,15H2,(H,16,20)(H,21,22)(H,23,24);19H,1-11H2,(H,15,20)(H,21,22)(H,23,24). The Balaban J connectivity index is 0.000000438. The van der Waals surface area contributed by atoms with E-state index in [1.54, 1.807) is 29.4 Å². The lowest BCUT2D eigenvalue weighted by Gasteiger charge is -2.24. The van der Waals surface area contributed by atoms with Crippen molar-refractivity contribution in [2.24, 2.45) is 11.5 Å². The number of rotatable bonds is 28. The van der Waals surface area contributed by atoms with E-state index in [1.807, 2.05) is 45.0 Å². The minimum atomic E-state index is -0.955. The molecular formula is C51H89N15O17. The maximum absolute atomic E-state index is 12.4. The van der Waals surface area contributed by atoms with Crippen LogP contribution in [0.15, 0.2) is 30.3 Å².